The quantitative estimate of drug-likeness (QED) is 0.712. The smallest absolute Gasteiger partial charge is 0.225 e. The summed E-state index contributed by atoms with van der Waals surface area (Å²) in [5.41, 5.74) is 0. The third-order valence-electron chi connectivity index (χ3n) is 2.61. The standard InChI is InChI=1S/C10H13IN4O/c1-8(16)14-2-4-15(5-3-14)10-12-6-9(11)7-13-10/h6-7H,2-5H2,1H3. The molecule has 1 saturated heterocycles. The first-order chi connectivity index (χ1) is 7.66. The Bertz CT molecular complexity index is 373. The summed E-state index contributed by atoms with van der Waals surface area (Å²) in [5.74, 6) is 0.895. The topological polar surface area (TPSA) is 49.3 Å². The van der Waals surface area contributed by atoms with Crippen molar-refractivity contribution in [3.63, 3.8) is 0 Å². The maximum absolute atomic E-state index is 11.2. The summed E-state index contributed by atoms with van der Waals surface area (Å²) in [6.07, 6.45) is 3.61. The lowest BCUT2D eigenvalue weighted by Gasteiger charge is -2.34. The number of rotatable bonds is 1. The van der Waals surface area contributed by atoms with Gasteiger partial charge in [0.05, 0.1) is 0 Å². The summed E-state index contributed by atoms with van der Waals surface area (Å²) in [4.78, 5) is 23.7. The van der Waals surface area contributed by atoms with Crippen LogP contribution in [0.1, 0.15) is 6.92 Å². The molecule has 2 heterocycles. The minimum atomic E-state index is 0.142. The van der Waals surface area contributed by atoms with Crippen LogP contribution in [-0.4, -0.2) is 47.0 Å². The van der Waals surface area contributed by atoms with Crippen LogP contribution in [0.25, 0.3) is 0 Å². The summed E-state index contributed by atoms with van der Waals surface area (Å²) in [6.45, 7) is 4.73. The molecule has 0 bridgehead atoms. The Kier molecular flexibility index (Phi) is 3.57. The minimum absolute atomic E-state index is 0.142. The van der Waals surface area contributed by atoms with Crippen molar-refractivity contribution >= 4 is 34.4 Å². The molecule has 0 atom stereocenters. The first-order valence-corrected chi connectivity index (χ1v) is 6.22. The average Bonchev–Trinajstić information content (AvgIpc) is 2.30. The molecule has 1 fully saturated rings. The fraction of sp³-hybridized carbons (Fsp3) is 0.500. The van der Waals surface area contributed by atoms with E-state index >= 15 is 0 Å². The van der Waals surface area contributed by atoms with E-state index in [2.05, 4.69) is 37.5 Å². The molecule has 86 valence electrons. The van der Waals surface area contributed by atoms with Crippen molar-refractivity contribution in [2.45, 2.75) is 6.92 Å². The fourth-order valence-electron chi connectivity index (χ4n) is 1.69. The van der Waals surface area contributed by atoms with Crippen molar-refractivity contribution in [2.75, 3.05) is 31.1 Å². The molecule has 0 radical (unpaired) electrons. The van der Waals surface area contributed by atoms with Crippen LogP contribution in [0.4, 0.5) is 5.95 Å². The van der Waals surface area contributed by atoms with E-state index in [-0.39, 0.29) is 5.91 Å². The second-order valence-electron chi connectivity index (χ2n) is 3.69. The second kappa shape index (κ2) is 4.94. The largest absolute Gasteiger partial charge is 0.339 e. The zero-order valence-electron chi connectivity index (χ0n) is 9.06. The van der Waals surface area contributed by atoms with Crippen LogP contribution in [-0.2, 0) is 4.79 Å². The maximum Gasteiger partial charge on any atom is 0.225 e. The second-order valence-corrected chi connectivity index (χ2v) is 4.94. The third kappa shape index (κ3) is 2.60. The van der Waals surface area contributed by atoms with Crippen molar-refractivity contribution in [1.82, 2.24) is 14.9 Å². The Balaban J connectivity index is 1.99. The summed E-state index contributed by atoms with van der Waals surface area (Å²) in [7, 11) is 0. The van der Waals surface area contributed by atoms with Gasteiger partial charge in [0.15, 0.2) is 0 Å². The summed E-state index contributed by atoms with van der Waals surface area (Å²) < 4.78 is 1.03. The molecule has 2 rings (SSSR count). The number of amides is 1. The fourth-order valence-corrected chi connectivity index (χ4v) is 1.97. The number of hydrogen-bond donors (Lipinski definition) is 0. The summed E-state index contributed by atoms with van der Waals surface area (Å²) in [6, 6.07) is 0. The molecule has 5 nitrogen and oxygen atoms in total. The van der Waals surface area contributed by atoms with E-state index in [0.717, 1.165) is 35.7 Å². The predicted octanol–water partition coefficient (Wildman–Crippen LogP) is 0.750. The molecular formula is C10H13IN4O. The molecular weight excluding hydrogens is 319 g/mol. The lowest BCUT2D eigenvalue weighted by molar-refractivity contribution is -0.129. The highest BCUT2D eigenvalue weighted by molar-refractivity contribution is 14.1. The summed E-state index contributed by atoms with van der Waals surface area (Å²) in [5, 5.41) is 0. The van der Waals surface area contributed by atoms with Crippen molar-refractivity contribution in [3.05, 3.63) is 16.0 Å². The van der Waals surface area contributed by atoms with E-state index in [0.29, 0.717) is 0 Å². The number of aromatic nitrogens is 2. The van der Waals surface area contributed by atoms with Gasteiger partial charge in [-0.05, 0) is 22.6 Å². The molecule has 1 amide bonds. The van der Waals surface area contributed by atoms with Crippen molar-refractivity contribution in [2.24, 2.45) is 0 Å². The molecule has 0 N–H and O–H groups in total. The zero-order chi connectivity index (χ0) is 11.5. The lowest BCUT2D eigenvalue weighted by atomic mass is 10.3. The number of anilines is 1. The van der Waals surface area contributed by atoms with Crippen LogP contribution in [0.2, 0.25) is 0 Å². The molecule has 16 heavy (non-hydrogen) atoms. The Morgan fingerprint density at radius 3 is 2.31 bits per heavy atom. The molecule has 0 aliphatic carbocycles. The van der Waals surface area contributed by atoms with Gasteiger partial charge in [-0.2, -0.15) is 0 Å². The SMILES string of the molecule is CC(=O)N1CCN(c2ncc(I)cn2)CC1. The van der Waals surface area contributed by atoms with Gasteiger partial charge in [-0.3, -0.25) is 4.79 Å². The molecule has 0 spiro atoms. The minimum Gasteiger partial charge on any atom is -0.339 e. The van der Waals surface area contributed by atoms with Crippen LogP contribution in [0.3, 0.4) is 0 Å². The van der Waals surface area contributed by atoms with Crippen LogP contribution in [0.5, 0.6) is 0 Å². The van der Waals surface area contributed by atoms with Gasteiger partial charge in [0, 0.05) is 49.1 Å². The Labute approximate surface area is 108 Å². The van der Waals surface area contributed by atoms with Crippen LogP contribution >= 0.6 is 22.6 Å². The number of nitrogens with zero attached hydrogens (tertiary/aromatic N) is 4. The molecule has 1 aliphatic heterocycles. The van der Waals surface area contributed by atoms with Crippen molar-refractivity contribution in [1.29, 1.82) is 0 Å². The van der Waals surface area contributed by atoms with E-state index < -0.39 is 0 Å². The first kappa shape index (κ1) is 11.6. The Hall–Kier alpha value is -0.920. The van der Waals surface area contributed by atoms with E-state index in [1.165, 1.54) is 0 Å². The molecule has 0 saturated carbocycles. The van der Waals surface area contributed by atoms with Gasteiger partial charge in [0.25, 0.3) is 0 Å². The van der Waals surface area contributed by atoms with E-state index in [1.54, 1.807) is 19.3 Å². The van der Waals surface area contributed by atoms with Gasteiger partial charge >= 0.3 is 0 Å². The van der Waals surface area contributed by atoms with Gasteiger partial charge in [-0.1, -0.05) is 0 Å². The van der Waals surface area contributed by atoms with E-state index in [9.17, 15) is 4.79 Å². The van der Waals surface area contributed by atoms with E-state index in [4.69, 9.17) is 0 Å². The average molecular weight is 332 g/mol. The molecule has 1 aliphatic rings. The number of hydrogen-bond acceptors (Lipinski definition) is 4. The Morgan fingerprint density at radius 2 is 1.81 bits per heavy atom. The normalized spacial score (nSPS) is 16.4. The van der Waals surface area contributed by atoms with Crippen LogP contribution in [0, 0.1) is 3.57 Å². The lowest BCUT2D eigenvalue weighted by Crippen LogP contribution is -2.48. The summed E-state index contributed by atoms with van der Waals surface area (Å²) >= 11 is 2.18. The number of piperazine rings is 1. The highest BCUT2D eigenvalue weighted by atomic mass is 127. The van der Waals surface area contributed by atoms with Crippen LogP contribution < -0.4 is 4.90 Å². The highest BCUT2D eigenvalue weighted by Gasteiger charge is 2.19. The number of carbonyl (C=O) groups excluding carboxylic acids is 1. The maximum atomic E-state index is 11.2. The van der Waals surface area contributed by atoms with Crippen molar-refractivity contribution in [3.8, 4) is 0 Å². The van der Waals surface area contributed by atoms with Gasteiger partial charge in [0.2, 0.25) is 11.9 Å². The first-order valence-electron chi connectivity index (χ1n) is 5.15. The van der Waals surface area contributed by atoms with E-state index in [1.807, 2.05) is 4.90 Å². The number of halogens is 1. The molecule has 6 heteroatoms. The van der Waals surface area contributed by atoms with Crippen LogP contribution in [0.15, 0.2) is 12.4 Å². The Morgan fingerprint density at radius 1 is 1.25 bits per heavy atom. The van der Waals surface area contributed by atoms with Gasteiger partial charge in [-0.15, -0.1) is 0 Å². The monoisotopic (exact) mass is 332 g/mol. The van der Waals surface area contributed by atoms with Gasteiger partial charge in [-0.25, -0.2) is 9.97 Å². The van der Waals surface area contributed by atoms with Gasteiger partial charge in [0.1, 0.15) is 0 Å². The third-order valence-corrected chi connectivity index (χ3v) is 3.17. The zero-order valence-corrected chi connectivity index (χ0v) is 11.2. The van der Waals surface area contributed by atoms with Gasteiger partial charge < -0.3 is 9.80 Å². The molecule has 0 unspecified atom stereocenters. The molecule has 0 aromatic carbocycles. The predicted molar refractivity (Wildman–Crippen MR) is 69.2 cm³/mol. The molecule has 1 aromatic rings. The molecule has 1 aromatic heterocycles. The number of carbonyl (C=O) groups is 1. The highest BCUT2D eigenvalue weighted by Crippen LogP contribution is 2.11. The van der Waals surface area contributed by atoms with Crippen molar-refractivity contribution < 1.29 is 4.79 Å².